The Bertz CT molecular complexity index is 364. The fourth-order valence-corrected chi connectivity index (χ4v) is 2.70. The Morgan fingerprint density at radius 2 is 2.05 bits per heavy atom. The van der Waals surface area contributed by atoms with Crippen LogP contribution >= 0.6 is 0 Å². The number of rotatable bonds is 7. The zero-order valence-corrected chi connectivity index (χ0v) is 11.8. The minimum Gasteiger partial charge on any atom is -0.494 e. The molecule has 0 spiro atoms. The summed E-state index contributed by atoms with van der Waals surface area (Å²) in [6.45, 7) is 4.06. The van der Waals surface area contributed by atoms with E-state index in [1.54, 1.807) is 0 Å². The second-order valence-electron chi connectivity index (χ2n) is 5.35. The number of aliphatic hydroxyl groups excluding tert-OH is 1. The Balaban J connectivity index is 1.79. The van der Waals surface area contributed by atoms with Gasteiger partial charge in [0.1, 0.15) is 5.75 Å². The minimum absolute atomic E-state index is 0.307. The van der Waals surface area contributed by atoms with Gasteiger partial charge >= 0.3 is 0 Å². The highest BCUT2D eigenvalue weighted by Gasteiger charge is 2.25. The van der Waals surface area contributed by atoms with Crippen molar-refractivity contribution in [3.8, 4) is 5.75 Å². The zero-order chi connectivity index (χ0) is 13.5. The lowest BCUT2D eigenvalue weighted by Gasteiger charge is -2.19. The van der Waals surface area contributed by atoms with Crippen LogP contribution in [0.3, 0.4) is 0 Å². The molecule has 0 aromatic heterocycles. The molecule has 1 aliphatic rings. The van der Waals surface area contributed by atoms with Crippen LogP contribution in [0.2, 0.25) is 0 Å². The Labute approximate surface area is 116 Å². The smallest absolute Gasteiger partial charge is 0.119 e. The molecule has 1 aromatic carbocycles. The first-order valence-electron chi connectivity index (χ1n) is 7.39. The van der Waals surface area contributed by atoms with Crippen LogP contribution in [0.5, 0.6) is 5.75 Å². The highest BCUT2D eigenvalue weighted by molar-refractivity contribution is 5.27. The molecule has 0 heterocycles. The molecule has 1 saturated carbocycles. The van der Waals surface area contributed by atoms with Gasteiger partial charge in [0.15, 0.2) is 0 Å². The van der Waals surface area contributed by atoms with Crippen LogP contribution in [0.4, 0.5) is 0 Å². The molecule has 0 radical (unpaired) electrons. The summed E-state index contributed by atoms with van der Waals surface area (Å²) in [5.41, 5.74) is 1.27. The number of nitrogens with one attached hydrogen (secondary N) is 1. The van der Waals surface area contributed by atoms with Gasteiger partial charge in [-0.25, -0.2) is 0 Å². The van der Waals surface area contributed by atoms with Crippen LogP contribution in [-0.2, 0) is 6.54 Å². The number of ether oxygens (including phenoxy) is 1. The molecule has 106 valence electrons. The van der Waals surface area contributed by atoms with Crippen molar-refractivity contribution in [3.05, 3.63) is 29.8 Å². The molecule has 0 saturated heterocycles. The first-order valence-corrected chi connectivity index (χ1v) is 7.39. The summed E-state index contributed by atoms with van der Waals surface area (Å²) in [4.78, 5) is 0. The predicted molar refractivity (Wildman–Crippen MR) is 77.3 cm³/mol. The molecule has 2 unspecified atom stereocenters. The van der Waals surface area contributed by atoms with Crippen LogP contribution in [0.25, 0.3) is 0 Å². The molecule has 1 fully saturated rings. The quantitative estimate of drug-likeness (QED) is 0.795. The van der Waals surface area contributed by atoms with Gasteiger partial charge in [0.25, 0.3) is 0 Å². The molecule has 0 aliphatic heterocycles. The molecule has 2 rings (SSSR count). The van der Waals surface area contributed by atoms with Crippen LogP contribution in [0, 0.1) is 5.92 Å². The highest BCUT2D eigenvalue weighted by atomic mass is 16.5. The summed E-state index contributed by atoms with van der Waals surface area (Å²) in [5.74, 6) is 1.38. The molecule has 0 amide bonds. The van der Waals surface area contributed by atoms with E-state index in [-0.39, 0.29) is 0 Å². The minimum atomic E-state index is 0.307. The molecule has 3 heteroatoms. The first kappa shape index (κ1) is 14.4. The second-order valence-corrected chi connectivity index (χ2v) is 5.35. The fourth-order valence-electron chi connectivity index (χ4n) is 2.70. The third-order valence-corrected chi connectivity index (χ3v) is 3.86. The number of benzene rings is 1. The van der Waals surface area contributed by atoms with E-state index >= 15 is 0 Å². The first-order chi connectivity index (χ1) is 9.33. The largest absolute Gasteiger partial charge is 0.494 e. The Kier molecular flexibility index (Phi) is 5.67. The third-order valence-electron chi connectivity index (χ3n) is 3.86. The monoisotopic (exact) mass is 263 g/mol. The van der Waals surface area contributed by atoms with Gasteiger partial charge in [0, 0.05) is 19.2 Å². The lowest BCUT2D eigenvalue weighted by molar-refractivity contribution is 0.205. The van der Waals surface area contributed by atoms with Gasteiger partial charge in [-0.3, -0.25) is 0 Å². The van der Waals surface area contributed by atoms with Crippen molar-refractivity contribution >= 4 is 0 Å². The van der Waals surface area contributed by atoms with Crippen LogP contribution in [0.15, 0.2) is 24.3 Å². The topological polar surface area (TPSA) is 41.5 Å². The van der Waals surface area contributed by atoms with Gasteiger partial charge in [-0.15, -0.1) is 0 Å². The number of hydrogen-bond acceptors (Lipinski definition) is 3. The van der Waals surface area contributed by atoms with Crippen LogP contribution < -0.4 is 10.1 Å². The lowest BCUT2D eigenvalue weighted by Crippen LogP contribution is -2.33. The molecule has 3 nitrogen and oxygen atoms in total. The summed E-state index contributed by atoms with van der Waals surface area (Å²) < 4.78 is 5.57. The van der Waals surface area contributed by atoms with E-state index in [2.05, 4.69) is 24.4 Å². The molecule has 2 N–H and O–H groups in total. The summed E-state index contributed by atoms with van der Waals surface area (Å²) in [6.07, 6.45) is 4.60. The van der Waals surface area contributed by atoms with E-state index in [9.17, 15) is 5.11 Å². The van der Waals surface area contributed by atoms with Gasteiger partial charge in [0.2, 0.25) is 0 Å². The maximum Gasteiger partial charge on any atom is 0.119 e. The van der Waals surface area contributed by atoms with Crippen LogP contribution in [0.1, 0.15) is 38.2 Å². The van der Waals surface area contributed by atoms with Gasteiger partial charge in [0.05, 0.1) is 6.61 Å². The van der Waals surface area contributed by atoms with Gasteiger partial charge in [-0.2, -0.15) is 0 Å². The molecule has 19 heavy (non-hydrogen) atoms. The molecular weight excluding hydrogens is 238 g/mol. The molecular formula is C16H25NO2. The van der Waals surface area contributed by atoms with E-state index < -0.39 is 0 Å². The lowest BCUT2D eigenvalue weighted by atomic mass is 10.0. The Morgan fingerprint density at radius 1 is 1.26 bits per heavy atom. The SMILES string of the molecule is CCCOc1ccc(CNC2CCCC2CO)cc1. The van der Waals surface area contributed by atoms with Crippen molar-refractivity contribution in [1.82, 2.24) is 5.32 Å². The molecule has 0 bridgehead atoms. The normalized spacial score (nSPS) is 22.6. The van der Waals surface area contributed by atoms with E-state index in [1.807, 2.05) is 12.1 Å². The van der Waals surface area contributed by atoms with Crippen LogP contribution in [-0.4, -0.2) is 24.4 Å². The van der Waals surface area contributed by atoms with Gasteiger partial charge in [-0.1, -0.05) is 25.5 Å². The maximum atomic E-state index is 9.30. The van der Waals surface area contributed by atoms with Crippen molar-refractivity contribution in [2.45, 2.75) is 45.2 Å². The van der Waals surface area contributed by atoms with E-state index in [0.717, 1.165) is 31.7 Å². The average Bonchev–Trinajstić information content (AvgIpc) is 2.91. The zero-order valence-electron chi connectivity index (χ0n) is 11.8. The summed E-state index contributed by atoms with van der Waals surface area (Å²) >= 11 is 0. The van der Waals surface area contributed by atoms with Gasteiger partial charge in [-0.05, 0) is 42.9 Å². The average molecular weight is 263 g/mol. The standard InChI is InChI=1S/C16H25NO2/c1-2-10-19-15-8-6-13(7-9-15)11-17-16-5-3-4-14(16)12-18/h6-9,14,16-18H,2-5,10-12H2,1H3. The number of hydrogen-bond donors (Lipinski definition) is 2. The van der Waals surface area contributed by atoms with Crippen molar-refractivity contribution in [1.29, 1.82) is 0 Å². The van der Waals surface area contributed by atoms with Gasteiger partial charge < -0.3 is 15.2 Å². The second kappa shape index (κ2) is 7.51. The van der Waals surface area contributed by atoms with Crippen molar-refractivity contribution < 1.29 is 9.84 Å². The summed E-state index contributed by atoms with van der Waals surface area (Å²) in [5, 5.41) is 12.9. The molecule has 2 atom stereocenters. The van der Waals surface area contributed by atoms with E-state index in [4.69, 9.17) is 4.74 Å². The maximum absolute atomic E-state index is 9.30. The predicted octanol–water partition coefficient (Wildman–Crippen LogP) is 2.73. The van der Waals surface area contributed by atoms with Crippen molar-refractivity contribution in [2.24, 2.45) is 5.92 Å². The molecule has 1 aromatic rings. The summed E-state index contributed by atoms with van der Waals surface area (Å²) in [6, 6.07) is 8.76. The third kappa shape index (κ3) is 4.22. The van der Waals surface area contributed by atoms with E-state index in [0.29, 0.717) is 18.6 Å². The summed E-state index contributed by atoms with van der Waals surface area (Å²) in [7, 11) is 0. The fraction of sp³-hybridized carbons (Fsp3) is 0.625. The Morgan fingerprint density at radius 3 is 2.74 bits per heavy atom. The Hall–Kier alpha value is -1.06. The molecule has 1 aliphatic carbocycles. The van der Waals surface area contributed by atoms with E-state index in [1.165, 1.54) is 18.4 Å². The highest BCUT2D eigenvalue weighted by Crippen LogP contribution is 2.25. The number of aliphatic hydroxyl groups is 1. The van der Waals surface area contributed by atoms with Crippen molar-refractivity contribution in [2.75, 3.05) is 13.2 Å². The van der Waals surface area contributed by atoms with Crippen molar-refractivity contribution in [3.63, 3.8) is 0 Å².